The van der Waals surface area contributed by atoms with Gasteiger partial charge in [-0.3, -0.25) is 10.1 Å². The SMILES string of the molecule is CCN(CC)S(=O)(=O)c1ccc(NCc2ccccc2Cl)c([N+](=O)[O-])c1. The topological polar surface area (TPSA) is 92.6 Å². The Morgan fingerprint density at radius 3 is 2.38 bits per heavy atom. The maximum absolute atomic E-state index is 12.6. The van der Waals surface area contributed by atoms with Crippen LogP contribution in [-0.4, -0.2) is 30.7 Å². The van der Waals surface area contributed by atoms with Crippen LogP contribution in [0.15, 0.2) is 47.4 Å². The summed E-state index contributed by atoms with van der Waals surface area (Å²) >= 11 is 6.09. The van der Waals surface area contributed by atoms with Gasteiger partial charge in [0.1, 0.15) is 5.69 Å². The van der Waals surface area contributed by atoms with Crippen molar-refractivity contribution in [3.63, 3.8) is 0 Å². The van der Waals surface area contributed by atoms with E-state index >= 15 is 0 Å². The normalized spacial score (nSPS) is 11.5. The number of nitro groups is 1. The maximum Gasteiger partial charge on any atom is 0.293 e. The fourth-order valence-corrected chi connectivity index (χ4v) is 4.20. The third-order valence-electron chi connectivity index (χ3n) is 3.94. The molecule has 0 amide bonds. The number of halogens is 1. The first-order valence-corrected chi connectivity index (χ1v) is 9.88. The number of anilines is 1. The van der Waals surface area contributed by atoms with Crippen LogP contribution in [0.25, 0.3) is 0 Å². The van der Waals surface area contributed by atoms with E-state index in [9.17, 15) is 18.5 Å². The predicted molar refractivity (Wildman–Crippen MR) is 102 cm³/mol. The van der Waals surface area contributed by atoms with Gasteiger partial charge in [-0.1, -0.05) is 43.6 Å². The highest BCUT2D eigenvalue weighted by atomic mass is 35.5. The molecule has 0 heterocycles. The molecule has 2 aromatic rings. The van der Waals surface area contributed by atoms with E-state index in [1.165, 1.54) is 16.4 Å². The lowest BCUT2D eigenvalue weighted by atomic mass is 10.2. The summed E-state index contributed by atoms with van der Waals surface area (Å²) in [6.07, 6.45) is 0. The van der Waals surface area contributed by atoms with E-state index in [0.29, 0.717) is 18.1 Å². The maximum atomic E-state index is 12.6. The van der Waals surface area contributed by atoms with E-state index in [1.807, 2.05) is 6.07 Å². The molecule has 0 unspecified atom stereocenters. The molecule has 7 nitrogen and oxygen atoms in total. The van der Waals surface area contributed by atoms with Crippen LogP contribution in [0.1, 0.15) is 19.4 Å². The summed E-state index contributed by atoms with van der Waals surface area (Å²) in [5.74, 6) is 0. The quantitative estimate of drug-likeness (QED) is 0.538. The van der Waals surface area contributed by atoms with Crippen molar-refractivity contribution in [1.82, 2.24) is 4.31 Å². The number of nitrogens with zero attached hydrogens (tertiary/aromatic N) is 2. The second-order valence-corrected chi connectivity index (χ2v) is 7.82. The molecule has 2 rings (SSSR count). The predicted octanol–water partition coefficient (Wildman–Crippen LogP) is 3.89. The van der Waals surface area contributed by atoms with E-state index in [4.69, 9.17) is 11.6 Å². The average Bonchev–Trinajstić information content (AvgIpc) is 2.61. The first-order chi connectivity index (χ1) is 12.3. The molecule has 0 fully saturated rings. The highest BCUT2D eigenvalue weighted by Crippen LogP contribution is 2.30. The molecule has 9 heteroatoms. The van der Waals surface area contributed by atoms with E-state index in [-0.39, 0.29) is 22.8 Å². The van der Waals surface area contributed by atoms with Crippen molar-refractivity contribution in [3.05, 3.63) is 63.2 Å². The monoisotopic (exact) mass is 397 g/mol. The summed E-state index contributed by atoms with van der Waals surface area (Å²) in [7, 11) is -3.77. The number of nitrogens with one attached hydrogen (secondary N) is 1. The largest absolute Gasteiger partial charge is 0.375 e. The van der Waals surface area contributed by atoms with Gasteiger partial charge in [0.2, 0.25) is 10.0 Å². The van der Waals surface area contributed by atoms with Gasteiger partial charge in [-0.05, 0) is 23.8 Å². The van der Waals surface area contributed by atoms with Crippen molar-refractivity contribution in [2.45, 2.75) is 25.3 Å². The molecule has 1 N–H and O–H groups in total. The lowest BCUT2D eigenvalue weighted by molar-refractivity contribution is -0.384. The van der Waals surface area contributed by atoms with Crippen LogP contribution in [0.2, 0.25) is 5.02 Å². The second-order valence-electron chi connectivity index (χ2n) is 5.47. The number of benzene rings is 2. The minimum absolute atomic E-state index is 0.101. The molecule has 0 aromatic heterocycles. The number of nitro benzene ring substituents is 1. The van der Waals surface area contributed by atoms with Gasteiger partial charge in [-0.2, -0.15) is 4.31 Å². The minimum atomic E-state index is -3.77. The van der Waals surface area contributed by atoms with E-state index in [2.05, 4.69) is 5.32 Å². The fraction of sp³-hybridized carbons (Fsp3) is 0.294. The Morgan fingerprint density at radius 1 is 1.15 bits per heavy atom. The lowest BCUT2D eigenvalue weighted by Gasteiger charge is -2.18. The summed E-state index contributed by atoms with van der Waals surface area (Å²) < 4.78 is 26.4. The summed E-state index contributed by atoms with van der Waals surface area (Å²) in [5.41, 5.74) is 0.710. The van der Waals surface area contributed by atoms with Crippen molar-refractivity contribution < 1.29 is 13.3 Å². The highest BCUT2D eigenvalue weighted by Gasteiger charge is 2.25. The van der Waals surface area contributed by atoms with Gasteiger partial charge in [-0.25, -0.2) is 8.42 Å². The first kappa shape index (κ1) is 20.2. The highest BCUT2D eigenvalue weighted by molar-refractivity contribution is 7.89. The second kappa shape index (κ2) is 8.48. The summed E-state index contributed by atoms with van der Waals surface area (Å²) in [6.45, 7) is 4.30. The number of rotatable bonds is 8. The number of hydrogen-bond donors (Lipinski definition) is 1. The van der Waals surface area contributed by atoms with Crippen molar-refractivity contribution in [1.29, 1.82) is 0 Å². The van der Waals surface area contributed by atoms with Crippen LogP contribution in [0.3, 0.4) is 0 Å². The summed E-state index contributed by atoms with van der Waals surface area (Å²) in [5, 5.41) is 14.9. The average molecular weight is 398 g/mol. The van der Waals surface area contributed by atoms with Crippen LogP contribution in [0, 0.1) is 10.1 Å². The van der Waals surface area contributed by atoms with E-state index < -0.39 is 14.9 Å². The molecule has 140 valence electrons. The van der Waals surface area contributed by atoms with Crippen LogP contribution < -0.4 is 5.32 Å². The number of sulfonamides is 1. The Labute approximate surface area is 157 Å². The van der Waals surface area contributed by atoms with Crippen molar-refractivity contribution in [3.8, 4) is 0 Å². The molecule has 0 radical (unpaired) electrons. The van der Waals surface area contributed by atoms with Gasteiger partial charge in [-0.15, -0.1) is 0 Å². The van der Waals surface area contributed by atoms with E-state index in [1.54, 1.807) is 32.0 Å². The van der Waals surface area contributed by atoms with Gasteiger partial charge < -0.3 is 5.32 Å². The van der Waals surface area contributed by atoms with Crippen LogP contribution in [0.4, 0.5) is 11.4 Å². The fourth-order valence-electron chi connectivity index (χ4n) is 2.52. The summed E-state index contributed by atoms with van der Waals surface area (Å²) in [4.78, 5) is 10.7. The van der Waals surface area contributed by atoms with Gasteiger partial charge in [0.15, 0.2) is 0 Å². The Hall–Kier alpha value is -2.16. The van der Waals surface area contributed by atoms with Gasteiger partial charge in [0.25, 0.3) is 5.69 Å². The molecule has 0 atom stereocenters. The van der Waals surface area contributed by atoms with Crippen LogP contribution in [-0.2, 0) is 16.6 Å². The molecule has 0 aliphatic carbocycles. The minimum Gasteiger partial charge on any atom is -0.375 e. The molecular formula is C17H20ClN3O4S. The third kappa shape index (κ3) is 4.32. The first-order valence-electron chi connectivity index (χ1n) is 8.07. The molecule has 0 bridgehead atoms. The van der Waals surface area contributed by atoms with Gasteiger partial charge in [0.05, 0.1) is 9.82 Å². The standard InChI is InChI=1S/C17H20ClN3O4S/c1-3-20(4-2)26(24,25)14-9-10-16(17(11-14)21(22)23)19-12-13-7-5-6-8-15(13)18/h5-11,19H,3-4,12H2,1-2H3. The molecule has 0 aliphatic rings. The Bertz CT molecular complexity index is 899. The van der Waals surface area contributed by atoms with Crippen LogP contribution >= 0.6 is 11.6 Å². The zero-order chi connectivity index (χ0) is 19.3. The van der Waals surface area contributed by atoms with Crippen molar-refractivity contribution in [2.24, 2.45) is 0 Å². The molecule has 0 saturated heterocycles. The van der Waals surface area contributed by atoms with Gasteiger partial charge >= 0.3 is 0 Å². The summed E-state index contributed by atoms with van der Waals surface area (Å²) in [6, 6.07) is 11.0. The third-order valence-corrected chi connectivity index (χ3v) is 6.35. The Kier molecular flexibility index (Phi) is 6.57. The lowest BCUT2D eigenvalue weighted by Crippen LogP contribution is -2.30. The van der Waals surface area contributed by atoms with Crippen molar-refractivity contribution >= 4 is 33.0 Å². The molecule has 2 aromatic carbocycles. The molecule has 0 aliphatic heterocycles. The molecule has 26 heavy (non-hydrogen) atoms. The van der Waals surface area contributed by atoms with Gasteiger partial charge in [0, 0.05) is 30.7 Å². The Morgan fingerprint density at radius 2 is 1.81 bits per heavy atom. The molecule has 0 saturated carbocycles. The van der Waals surface area contributed by atoms with Crippen molar-refractivity contribution in [2.75, 3.05) is 18.4 Å². The number of hydrogen-bond acceptors (Lipinski definition) is 5. The van der Waals surface area contributed by atoms with Crippen LogP contribution in [0.5, 0.6) is 0 Å². The molecular weight excluding hydrogens is 378 g/mol. The zero-order valence-corrected chi connectivity index (χ0v) is 16.0. The zero-order valence-electron chi connectivity index (χ0n) is 14.5. The van der Waals surface area contributed by atoms with E-state index in [0.717, 1.165) is 11.6 Å². The molecule has 0 spiro atoms. The Balaban J connectivity index is 2.35. The smallest absolute Gasteiger partial charge is 0.293 e.